The molecule has 0 aliphatic carbocycles. The van der Waals surface area contributed by atoms with E-state index < -0.39 is 0 Å². The summed E-state index contributed by atoms with van der Waals surface area (Å²) >= 11 is 0. The Morgan fingerprint density at radius 3 is 2.38 bits per heavy atom. The van der Waals surface area contributed by atoms with Crippen LogP contribution in [0.2, 0.25) is 0 Å². The lowest BCUT2D eigenvalue weighted by Gasteiger charge is -2.23. The average molecular weight is 219 g/mol. The van der Waals surface area contributed by atoms with E-state index >= 15 is 0 Å². The minimum absolute atomic E-state index is 0.639. The highest BCUT2D eigenvalue weighted by Gasteiger charge is 2.12. The molecular weight excluding hydrogens is 198 g/mol. The molecule has 0 spiro atoms. The summed E-state index contributed by atoms with van der Waals surface area (Å²) in [6, 6.07) is 9.54. The van der Waals surface area contributed by atoms with Gasteiger partial charge in [-0.05, 0) is 30.4 Å². The zero-order valence-corrected chi connectivity index (χ0v) is 10.0. The molecule has 2 rings (SSSR count). The molecule has 0 saturated carbocycles. The van der Waals surface area contributed by atoms with Crippen molar-refractivity contribution in [2.75, 3.05) is 13.2 Å². The summed E-state index contributed by atoms with van der Waals surface area (Å²) in [5.74, 6) is 0. The van der Waals surface area contributed by atoms with Crippen LogP contribution in [0.4, 0.5) is 0 Å². The van der Waals surface area contributed by atoms with Crippen molar-refractivity contribution >= 4 is 0 Å². The molecule has 2 nitrogen and oxygen atoms in total. The van der Waals surface area contributed by atoms with Crippen LogP contribution in [0.5, 0.6) is 0 Å². The van der Waals surface area contributed by atoms with Gasteiger partial charge < -0.3 is 10.1 Å². The molecule has 0 aromatic heterocycles. The Morgan fingerprint density at radius 2 is 1.75 bits per heavy atom. The highest BCUT2D eigenvalue weighted by atomic mass is 16.5. The predicted molar refractivity (Wildman–Crippen MR) is 66.5 cm³/mol. The van der Waals surface area contributed by atoms with E-state index in [1.165, 1.54) is 11.1 Å². The third-order valence-corrected chi connectivity index (χ3v) is 3.25. The van der Waals surface area contributed by atoms with Gasteiger partial charge in [-0.25, -0.2) is 0 Å². The molecule has 1 fully saturated rings. The second-order valence-electron chi connectivity index (χ2n) is 4.44. The molecule has 88 valence electrons. The fourth-order valence-electron chi connectivity index (χ4n) is 2.06. The van der Waals surface area contributed by atoms with Crippen molar-refractivity contribution in [1.29, 1.82) is 0 Å². The van der Waals surface area contributed by atoms with Gasteiger partial charge in [-0.15, -0.1) is 0 Å². The third kappa shape index (κ3) is 3.32. The smallest absolute Gasteiger partial charge is 0.0480 e. The Balaban J connectivity index is 1.79. The van der Waals surface area contributed by atoms with Crippen molar-refractivity contribution in [3.63, 3.8) is 0 Å². The van der Waals surface area contributed by atoms with E-state index in [1.54, 1.807) is 0 Å². The average Bonchev–Trinajstić information content (AvgIpc) is 2.38. The van der Waals surface area contributed by atoms with Gasteiger partial charge in [0, 0.05) is 25.8 Å². The highest BCUT2D eigenvalue weighted by Crippen LogP contribution is 2.09. The minimum atomic E-state index is 0.639. The van der Waals surface area contributed by atoms with Crippen LogP contribution in [0.15, 0.2) is 24.3 Å². The summed E-state index contributed by atoms with van der Waals surface area (Å²) in [5.41, 5.74) is 2.79. The first kappa shape index (κ1) is 11.6. The summed E-state index contributed by atoms with van der Waals surface area (Å²) < 4.78 is 5.34. The number of hydrogen-bond donors (Lipinski definition) is 1. The summed E-state index contributed by atoms with van der Waals surface area (Å²) in [6.07, 6.45) is 3.41. The van der Waals surface area contributed by atoms with Crippen molar-refractivity contribution < 1.29 is 4.74 Å². The molecule has 1 aliphatic rings. The van der Waals surface area contributed by atoms with Crippen LogP contribution in [0.3, 0.4) is 0 Å². The van der Waals surface area contributed by atoms with E-state index in [0.717, 1.165) is 39.0 Å². The molecule has 1 aromatic carbocycles. The van der Waals surface area contributed by atoms with E-state index in [1.807, 2.05) is 0 Å². The van der Waals surface area contributed by atoms with Crippen LogP contribution in [0.1, 0.15) is 30.9 Å². The van der Waals surface area contributed by atoms with Gasteiger partial charge in [-0.1, -0.05) is 31.2 Å². The normalized spacial score (nSPS) is 17.6. The summed E-state index contributed by atoms with van der Waals surface area (Å²) in [6.45, 7) is 4.99. The van der Waals surface area contributed by atoms with E-state index in [4.69, 9.17) is 4.74 Å². The van der Waals surface area contributed by atoms with Gasteiger partial charge >= 0.3 is 0 Å². The van der Waals surface area contributed by atoms with Crippen LogP contribution in [-0.4, -0.2) is 19.3 Å². The van der Waals surface area contributed by atoms with Gasteiger partial charge in [-0.2, -0.15) is 0 Å². The number of rotatable bonds is 4. The quantitative estimate of drug-likeness (QED) is 0.840. The minimum Gasteiger partial charge on any atom is -0.381 e. The molecule has 1 heterocycles. The largest absolute Gasteiger partial charge is 0.381 e. The van der Waals surface area contributed by atoms with Crippen molar-refractivity contribution in [2.24, 2.45) is 0 Å². The summed E-state index contributed by atoms with van der Waals surface area (Å²) in [5, 5.41) is 3.60. The maximum Gasteiger partial charge on any atom is 0.0480 e. The Kier molecular flexibility index (Phi) is 4.37. The Hall–Kier alpha value is -0.860. The van der Waals surface area contributed by atoms with Crippen LogP contribution in [-0.2, 0) is 17.7 Å². The number of benzene rings is 1. The first-order chi connectivity index (χ1) is 7.88. The van der Waals surface area contributed by atoms with Gasteiger partial charge in [0.1, 0.15) is 0 Å². The number of aryl methyl sites for hydroxylation is 1. The van der Waals surface area contributed by atoms with Crippen LogP contribution < -0.4 is 5.32 Å². The van der Waals surface area contributed by atoms with Crippen molar-refractivity contribution in [1.82, 2.24) is 5.32 Å². The highest BCUT2D eigenvalue weighted by molar-refractivity contribution is 5.22. The molecule has 2 heteroatoms. The lowest BCUT2D eigenvalue weighted by atomic mass is 10.1. The molecule has 0 amide bonds. The zero-order valence-electron chi connectivity index (χ0n) is 10.0. The molecule has 0 bridgehead atoms. The summed E-state index contributed by atoms with van der Waals surface area (Å²) in [7, 11) is 0. The Bertz CT molecular complexity index is 301. The first-order valence-electron chi connectivity index (χ1n) is 6.27. The fourth-order valence-corrected chi connectivity index (χ4v) is 2.06. The van der Waals surface area contributed by atoms with Crippen molar-refractivity contribution in [3.8, 4) is 0 Å². The second-order valence-corrected chi connectivity index (χ2v) is 4.44. The van der Waals surface area contributed by atoms with Gasteiger partial charge in [0.15, 0.2) is 0 Å². The molecule has 1 N–H and O–H groups in total. The molecule has 0 atom stereocenters. The predicted octanol–water partition coefficient (Wildman–Crippen LogP) is 2.52. The standard InChI is InChI=1S/C14H21NO/c1-2-12-3-5-13(6-4-12)11-15-14-7-9-16-10-8-14/h3-6,14-15H,2,7-11H2,1H3. The maximum atomic E-state index is 5.34. The third-order valence-electron chi connectivity index (χ3n) is 3.25. The second kappa shape index (κ2) is 6.02. The molecular formula is C14H21NO. The topological polar surface area (TPSA) is 21.3 Å². The van der Waals surface area contributed by atoms with Crippen LogP contribution >= 0.6 is 0 Å². The van der Waals surface area contributed by atoms with E-state index in [9.17, 15) is 0 Å². The number of hydrogen-bond acceptors (Lipinski definition) is 2. The van der Waals surface area contributed by atoms with Crippen LogP contribution in [0.25, 0.3) is 0 Å². The van der Waals surface area contributed by atoms with Gasteiger partial charge in [0.2, 0.25) is 0 Å². The molecule has 1 aromatic rings. The maximum absolute atomic E-state index is 5.34. The van der Waals surface area contributed by atoms with E-state index in [2.05, 4.69) is 36.5 Å². The van der Waals surface area contributed by atoms with Crippen molar-refractivity contribution in [3.05, 3.63) is 35.4 Å². The summed E-state index contributed by atoms with van der Waals surface area (Å²) in [4.78, 5) is 0. The number of ether oxygens (including phenoxy) is 1. The molecule has 1 saturated heterocycles. The van der Waals surface area contributed by atoms with E-state index in [-0.39, 0.29) is 0 Å². The Labute approximate surface area is 98.0 Å². The molecule has 0 radical (unpaired) electrons. The van der Waals surface area contributed by atoms with Crippen molar-refractivity contribution in [2.45, 2.75) is 38.8 Å². The SMILES string of the molecule is CCc1ccc(CNC2CCOCC2)cc1. The first-order valence-corrected chi connectivity index (χ1v) is 6.27. The fraction of sp³-hybridized carbons (Fsp3) is 0.571. The number of nitrogens with one attached hydrogen (secondary N) is 1. The van der Waals surface area contributed by atoms with Gasteiger partial charge in [0.25, 0.3) is 0 Å². The zero-order chi connectivity index (χ0) is 11.2. The van der Waals surface area contributed by atoms with E-state index in [0.29, 0.717) is 6.04 Å². The molecule has 16 heavy (non-hydrogen) atoms. The monoisotopic (exact) mass is 219 g/mol. The van der Waals surface area contributed by atoms with Crippen LogP contribution in [0, 0.1) is 0 Å². The van der Waals surface area contributed by atoms with Gasteiger partial charge in [0.05, 0.1) is 0 Å². The van der Waals surface area contributed by atoms with Gasteiger partial charge in [-0.3, -0.25) is 0 Å². The Morgan fingerprint density at radius 1 is 1.12 bits per heavy atom. The lowest BCUT2D eigenvalue weighted by molar-refractivity contribution is 0.0776. The molecule has 1 aliphatic heterocycles. The lowest BCUT2D eigenvalue weighted by Crippen LogP contribution is -2.34. The molecule has 0 unspecified atom stereocenters.